The van der Waals surface area contributed by atoms with Crippen LogP contribution in [-0.4, -0.2) is 60.3 Å². The van der Waals surface area contributed by atoms with E-state index in [0.717, 1.165) is 16.6 Å². The smallest absolute Gasteiger partial charge is 0.433 e. The van der Waals surface area contributed by atoms with Crippen LogP contribution < -0.4 is 4.74 Å². The van der Waals surface area contributed by atoms with Gasteiger partial charge in [0.15, 0.2) is 5.69 Å². The van der Waals surface area contributed by atoms with Gasteiger partial charge < -0.3 is 4.74 Å². The lowest BCUT2D eigenvalue weighted by molar-refractivity contribution is -0.141. The van der Waals surface area contributed by atoms with E-state index in [1.54, 1.807) is 0 Å². The third kappa shape index (κ3) is 4.30. The molecule has 1 fully saturated rings. The Morgan fingerprint density at radius 3 is 2.70 bits per heavy atom. The van der Waals surface area contributed by atoms with Crippen LogP contribution in [0.25, 0.3) is 0 Å². The molecule has 1 unspecified atom stereocenters. The van der Waals surface area contributed by atoms with E-state index in [1.807, 2.05) is 0 Å². The topological polar surface area (TPSA) is 75.6 Å². The third-order valence-corrected chi connectivity index (χ3v) is 5.23. The summed E-state index contributed by atoms with van der Waals surface area (Å²) in [6, 6.07) is 0.338. The van der Waals surface area contributed by atoms with Crippen molar-refractivity contribution in [1.82, 2.24) is 18.6 Å². The van der Waals surface area contributed by atoms with E-state index in [0.29, 0.717) is 19.4 Å². The summed E-state index contributed by atoms with van der Waals surface area (Å²) in [4.78, 5) is 6.98. The number of hydrogen-bond acceptors (Lipinski definition) is 5. The van der Waals surface area contributed by atoms with Gasteiger partial charge in [-0.25, -0.2) is 4.98 Å². The fraction of sp³-hybridized carbons (Fsp3) is 0.667. The van der Waals surface area contributed by atoms with Gasteiger partial charge in [-0.2, -0.15) is 35.2 Å². The number of ether oxygens (including phenoxy) is 1. The van der Waals surface area contributed by atoms with Gasteiger partial charge in [-0.1, -0.05) is 0 Å². The standard InChI is InChI=1S/C12H17F3N4O3S/c1-18(2)23(20,21)19-7-3-4-9(8-19)22-11-16-6-5-10(17-11)12(13,14)15/h5-6,9H,3-4,7-8H2,1-2H3. The minimum absolute atomic E-state index is 0.0418. The molecule has 0 saturated carbocycles. The first-order valence-electron chi connectivity index (χ1n) is 6.85. The zero-order valence-corrected chi connectivity index (χ0v) is 13.4. The van der Waals surface area contributed by atoms with Crippen molar-refractivity contribution in [1.29, 1.82) is 0 Å². The maximum Gasteiger partial charge on any atom is 0.433 e. The van der Waals surface area contributed by atoms with Crippen LogP contribution in [0.1, 0.15) is 18.5 Å². The SMILES string of the molecule is CN(C)S(=O)(=O)N1CCCC(Oc2nccc(C(F)(F)F)n2)C1. The Morgan fingerprint density at radius 1 is 1.39 bits per heavy atom. The van der Waals surface area contributed by atoms with Crippen LogP contribution in [0.5, 0.6) is 6.01 Å². The van der Waals surface area contributed by atoms with E-state index in [-0.39, 0.29) is 6.54 Å². The summed E-state index contributed by atoms with van der Waals surface area (Å²) in [7, 11) is -0.766. The number of piperidine rings is 1. The van der Waals surface area contributed by atoms with E-state index in [4.69, 9.17) is 4.74 Å². The Bertz CT molecular complexity index is 651. The summed E-state index contributed by atoms with van der Waals surface area (Å²) >= 11 is 0. The molecular weight excluding hydrogens is 337 g/mol. The van der Waals surface area contributed by atoms with Crippen LogP contribution in [0.4, 0.5) is 13.2 Å². The number of rotatable bonds is 4. The summed E-state index contributed by atoms with van der Waals surface area (Å²) in [5.41, 5.74) is -1.10. The molecule has 1 aliphatic rings. The first kappa shape index (κ1) is 17.9. The van der Waals surface area contributed by atoms with Gasteiger partial charge in [-0.3, -0.25) is 0 Å². The fourth-order valence-electron chi connectivity index (χ4n) is 2.15. The van der Waals surface area contributed by atoms with Crippen molar-refractivity contribution >= 4 is 10.2 Å². The van der Waals surface area contributed by atoms with Crippen molar-refractivity contribution < 1.29 is 26.3 Å². The van der Waals surface area contributed by atoms with Gasteiger partial charge >= 0.3 is 12.2 Å². The molecule has 2 rings (SSSR count). The second kappa shape index (κ2) is 6.57. The minimum atomic E-state index is -4.59. The van der Waals surface area contributed by atoms with Crippen molar-refractivity contribution in [3.8, 4) is 6.01 Å². The van der Waals surface area contributed by atoms with Gasteiger partial charge in [0, 0.05) is 26.8 Å². The number of nitrogens with zero attached hydrogens (tertiary/aromatic N) is 4. The summed E-state index contributed by atoms with van der Waals surface area (Å²) in [5, 5.41) is 0. The van der Waals surface area contributed by atoms with Crippen LogP contribution in [0, 0.1) is 0 Å². The van der Waals surface area contributed by atoms with E-state index >= 15 is 0 Å². The molecule has 0 aliphatic carbocycles. The lowest BCUT2D eigenvalue weighted by Gasteiger charge is -2.33. The molecule has 1 aromatic heterocycles. The molecule has 0 N–H and O–H groups in total. The molecule has 0 aromatic carbocycles. The van der Waals surface area contributed by atoms with Crippen molar-refractivity contribution in [3.05, 3.63) is 18.0 Å². The van der Waals surface area contributed by atoms with Crippen LogP contribution in [-0.2, 0) is 16.4 Å². The molecule has 7 nitrogen and oxygen atoms in total. The monoisotopic (exact) mass is 354 g/mol. The van der Waals surface area contributed by atoms with Gasteiger partial charge in [0.2, 0.25) is 0 Å². The molecule has 1 saturated heterocycles. The average molecular weight is 354 g/mol. The van der Waals surface area contributed by atoms with Crippen LogP contribution in [0.15, 0.2) is 12.3 Å². The molecule has 11 heteroatoms. The Labute approximate surface area is 132 Å². The Kier molecular flexibility index (Phi) is 5.11. The quantitative estimate of drug-likeness (QED) is 0.811. The third-order valence-electron chi connectivity index (χ3n) is 3.32. The van der Waals surface area contributed by atoms with Gasteiger partial charge in [0.05, 0.1) is 6.54 Å². The minimum Gasteiger partial charge on any atom is -0.459 e. The maximum absolute atomic E-state index is 12.6. The Morgan fingerprint density at radius 2 is 2.09 bits per heavy atom. The summed E-state index contributed by atoms with van der Waals surface area (Å²) in [6.07, 6.45) is -3.17. The molecule has 0 spiro atoms. The highest BCUT2D eigenvalue weighted by atomic mass is 32.2. The normalized spacial score (nSPS) is 20.7. The molecule has 0 radical (unpaired) electrons. The van der Waals surface area contributed by atoms with Gasteiger partial charge in [0.1, 0.15) is 6.10 Å². The van der Waals surface area contributed by atoms with E-state index < -0.39 is 34.2 Å². The zero-order chi connectivity index (χ0) is 17.3. The molecule has 23 heavy (non-hydrogen) atoms. The second-order valence-corrected chi connectivity index (χ2v) is 7.39. The maximum atomic E-state index is 12.6. The Hall–Kier alpha value is -1.46. The predicted octanol–water partition coefficient (Wildman–Crippen LogP) is 1.15. The van der Waals surface area contributed by atoms with Crippen LogP contribution in [0.2, 0.25) is 0 Å². The van der Waals surface area contributed by atoms with Crippen molar-refractivity contribution in [2.45, 2.75) is 25.1 Å². The highest BCUT2D eigenvalue weighted by Gasteiger charge is 2.34. The highest BCUT2D eigenvalue weighted by molar-refractivity contribution is 7.86. The number of aromatic nitrogens is 2. The summed E-state index contributed by atoms with van der Waals surface area (Å²) in [6.45, 7) is 0.379. The zero-order valence-electron chi connectivity index (χ0n) is 12.6. The molecule has 1 atom stereocenters. The van der Waals surface area contributed by atoms with Crippen LogP contribution >= 0.6 is 0 Å². The van der Waals surface area contributed by atoms with E-state index in [2.05, 4.69) is 9.97 Å². The molecule has 2 heterocycles. The van der Waals surface area contributed by atoms with Crippen molar-refractivity contribution in [2.24, 2.45) is 0 Å². The number of hydrogen-bond donors (Lipinski definition) is 0. The van der Waals surface area contributed by atoms with Gasteiger partial charge in [-0.05, 0) is 18.9 Å². The molecule has 0 bridgehead atoms. The van der Waals surface area contributed by atoms with Crippen LogP contribution in [0.3, 0.4) is 0 Å². The highest BCUT2D eigenvalue weighted by Crippen LogP contribution is 2.28. The van der Waals surface area contributed by atoms with Gasteiger partial charge in [-0.15, -0.1) is 0 Å². The number of alkyl halides is 3. The van der Waals surface area contributed by atoms with Gasteiger partial charge in [0.25, 0.3) is 10.2 Å². The van der Waals surface area contributed by atoms with Crippen molar-refractivity contribution in [3.63, 3.8) is 0 Å². The average Bonchev–Trinajstić information content (AvgIpc) is 2.47. The molecule has 0 amide bonds. The lowest BCUT2D eigenvalue weighted by atomic mass is 10.1. The molecular formula is C12H17F3N4O3S. The summed E-state index contributed by atoms with van der Waals surface area (Å²) < 4.78 is 69.7. The fourth-order valence-corrected chi connectivity index (χ4v) is 3.32. The molecule has 1 aromatic rings. The summed E-state index contributed by atoms with van der Waals surface area (Å²) in [5.74, 6) is 0. The molecule has 1 aliphatic heterocycles. The predicted molar refractivity (Wildman–Crippen MR) is 74.9 cm³/mol. The Balaban J connectivity index is 2.09. The number of halogens is 3. The lowest BCUT2D eigenvalue weighted by Crippen LogP contribution is -2.48. The van der Waals surface area contributed by atoms with Crippen molar-refractivity contribution in [2.75, 3.05) is 27.2 Å². The first-order valence-corrected chi connectivity index (χ1v) is 8.25. The molecule has 130 valence electrons. The second-order valence-electron chi connectivity index (χ2n) is 5.25. The van der Waals surface area contributed by atoms with E-state index in [1.165, 1.54) is 18.4 Å². The first-order chi connectivity index (χ1) is 10.6. The largest absolute Gasteiger partial charge is 0.459 e. The van der Waals surface area contributed by atoms with E-state index in [9.17, 15) is 21.6 Å².